The van der Waals surface area contributed by atoms with Crippen molar-refractivity contribution in [2.75, 3.05) is 0 Å². The zero-order valence-electron chi connectivity index (χ0n) is 11.1. The summed E-state index contributed by atoms with van der Waals surface area (Å²) in [7, 11) is 0. The molecule has 0 heterocycles. The molecule has 0 spiro atoms. The summed E-state index contributed by atoms with van der Waals surface area (Å²) in [5.41, 5.74) is 2.09. The zero-order chi connectivity index (χ0) is 14.0. The number of benzene rings is 2. The summed E-state index contributed by atoms with van der Waals surface area (Å²) in [4.78, 5) is 0. The molecule has 0 aliphatic heterocycles. The summed E-state index contributed by atoms with van der Waals surface area (Å²) >= 11 is 0. The maximum atomic E-state index is 10.3. The second-order valence-electron chi connectivity index (χ2n) is 4.45. The first kappa shape index (κ1) is 13.3. The van der Waals surface area contributed by atoms with Crippen LogP contribution in [0.5, 0.6) is 17.2 Å². The van der Waals surface area contributed by atoms with Gasteiger partial charge in [-0.2, -0.15) is 0 Å². The highest BCUT2D eigenvalue weighted by Gasteiger charge is 2.22. The van der Waals surface area contributed by atoms with Gasteiger partial charge in [-0.3, -0.25) is 0 Å². The molecule has 0 fully saturated rings. The Morgan fingerprint density at radius 1 is 0.737 bits per heavy atom. The maximum Gasteiger partial charge on any atom is 0.134 e. The molecule has 100 valence electrons. The summed E-state index contributed by atoms with van der Waals surface area (Å²) in [6, 6.07) is 9.21. The third kappa shape index (κ3) is 2.12. The van der Waals surface area contributed by atoms with Crippen molar-refractivity contribution in [1.82, 2.24) is 0 Å². The van der Waals surface area contributed by atoms with Crippen LogP contribution in [0.4, 0.5) is 0 Å². The second kappa shape index (κ2) is 5.22. The molecular weight excluding hydrogens is 240 g/mol. The van der Waals surface area contributed by atoms with E-state index in [2.05, 4.69) is 0 Å². The fourth-order valence-corrected chi connectivity index (χ4v) is 2.37. The van der Waals surface area contributed by atoms with E-state index < -0.39 is 0 Å². The molecule has 2 aromatic rings. The quantitative estimate of drug-likeness (QED) is 0.788. The van der Waals surface area contributed by atoms with Crippen molar-refractivity contribution in [1.29, 1.82) is 0 Å². The molecule has 0 atom stereocenters. The van der Waals surface area contributed by atoms with Gasteiger partial charge in [-0.15, -0.1) is 0 Å². The van der Waals surface area contributed by atoms with Crippen molar-refractivity contribution in [2.24, 2.45) is 0 Å². The molecule has 0 amide bonds. The Hall–Kier alpha value is -2.16. The zero-order valence-corrected chi connectivity index (χ0v) is 11.1. The average molecular weight is 258 g/mol. The van der Waals surface area contributed by atoms with E-state index in [1.165, 1.54) is 0 Å². The van der Waals surface area contributed by atoms with Crippen LogP contribution in [0, 0.1) is 0 Å². The summed E-state index contributed by atoms with van der Waals surface area (Å²) in [6.07, 6.45) is 1.01. The number of hydrogen-bond donors (Lipinski definition) is 3. The maximum absolute atomic E-state index is 10.3. The van der Waals surface area contributed by atoms with Crippen LogP contribution in [0.25, 0.3) is 11.1 Å². The molecule has 19 heavy (non-hydrogen) atoms. The van der Waals surface area contributed by atoms with Gasteiger partial charge >= 0.3 is 0 Å². The van der Waals surface area contributed by atoms with E-state index >= 15 is 0 Å². The summed E-state index contributed by atoms with van der Waals surface area (Å²) < 4.78 is 0. The number of aromatic hydroxyl groups is 3. The molecule has 3 nitrogen and oxygen atoms in total. The number of phenolic OH excluding ortho intramolecular Hbond substituents is 3. The molecule has 2 aromatic carbocycles. The van der Waals surface area contributed by atoms with Crippen molar-refractivity contribution in [2.45, 2.75) is 26.7 Å². The fourth-order valence-electron chi connectivity index (χ4n) is 2.37. The van der Waals surface area contributed by atoms with Crippen LogP contribution in [-0.2, 0) is 12.8 Å². The van der Waals surface area contributed by atoms with Gasteiger partial charge in [0.05, 0.1) is 5.56 Å². The molecule has 3 heteroatoms. The molecule has 0 aromatic heterocycles. The van der Waals surface area contributed by atoms with Gasteiger partial charge in [0.15, 0.2) is 0 Å². The fraction of sp³-hybridized carbons (Fsp3) is 0.250. The second-order valence-corrected chi connectivity index (χ2v) is 4.45. The first-order chi connectivity index (χ1) is 9.11. The third-order valence-electron chi connectivity index (χ3n) is 3.39. The highest BCUT2D eigenvalue weighted by atomic mass is 16.3. The van der Waals surface area contributed by atoms with Crippen LogP contribution in [0.2, 0.25) is 0 Å². The third-order valence-corrected chi connectivity index (χ3v) is 3.39. The van der Waals surface area contributed by atoms with Gasteiger partial charge in [-0.25, -0.2) is 0 Å². The van der Waals surface area contributed by atoms with Crippen LogP contribution < -0.4 is 0 Å². The van der Waals surface area contributed by atoms with Gasteiger partial charge in [-0.05, 0) is 18.4 Å². The van der Waals surface area contributed by atoms with E-state index in [0.717, 1.165) is 5.56 Å². The number of hydrogen-bond acceptors (Lipinski definition) is 3. The Kier molecular flexibility index (Phi) is 3.65. The lowest BCUT2D eigenvalue weighted by atomic mass is 9.93. The predicted octanol–water partition coefficient (Wildman–Crippen LogP) is 3.60. The van der Waals surface area contributed by atoms with E-state index in [1.54, 1.807) is 0 Å². The van der Waals surface area contributed by atoms with Crippen LogP contribution >= 0.6 is 0 Å². The Labute approximate surface area is 112 Å². The van der Waals surface area contributed by atoms with E-state index in [1.807, 2.05) is 44.2 Å². The molecule has 0 aliphatic carbocycles. The first-order valence-electron chi connectivity index (χ1n) is 6.45. The lowest BCUT2D eigenvalue weighted by molar-refractivity contribution is 0.414. The van der Waals surface area contributed by atoms with Crippen molar-refractivity contribution in [3.63, 3.8) is 0 Å². The van der Waals surface area contributed by atoms with Crippen molar-refractivity contribution < 1.29 is 15.3 Å². The molecule has 2 rings (SSSR count). The molecule has 0 radical (unpaired) electrons. The highest BCUT2D eigenvalue weighted by Crippen LogP contribution is 2.47. The monoisotopic (exact) mass is 258 g/mol. The SMILES string of the molecule is CCc1c(O)c(CC)c(O)c(-c2ccccc2)c1O. The van der Waals surface area contributed by atoms with E-state index in [4.69, 9.17) is 0 Å². The minimum Gasteiger partial charge on any atom is -0.507 e. The summed E-state index contributed by atoms with van der Waals surface area (Å²) in [5, 5.41) is 30.7. The highest BCUT2D eigenvalue weighted by molar-refractivity contribution is 5.81. The Morgan fingerprint density at radius 3 is 1.63 bits per heavy atom. The normalized spacial score (nSPS) is 10.6. The Bertz CT molecular complexity index is 558. The van der Waals surface area contributed by atoms with Gasteiger partial charge in [-0.1, -0.05) is 44.2 Å². The Balaban J connectivity index is 2.81. The van der Waals surface area contributed by atoms with Gasteiger partial charge < -0.3 is 15.3 Å². The van der Waals surface area contributed by atoms with Crippen molar-refractivity contribution in [3.8, 4) is 28.4 Å². The van der Waals surface area contributed by atoms with Crippen molar-refractivity contribution >= 4 is 0 Å². The lowest BCUT2D eigenvalue weighted by Crippen LogP contribution is -1.94. The average Bonchev–Trinajstić information content (AvgIpc) is 2.41. The van der Waals surface area contributed by atoms with Gasteiger partial charge in [0, 0.05) is 11.1 Å². The molecule has 0 saturated heterocycles. The van der Waals surface area contributed by atoms with Crippen LogP contribution in [0.3, 0.4) is 0 Å². The van der Waals surface area contributed by atoms with E-state index in [9.17, 15) is 15.3 Å². The van der Waals surface area contributed by atoms with E-state index in [-0.39, 0.29) is 17.2 Å². The molecule has 0 aliphatic rings. The Morgan fingerprint density at radius 2 is 1.21 bits per heavy atom. The first-order valence-corrected chi connectivity index (χ1v) is 6.45. The molecular formula is C16H18O3. The van der Waals surface area contributed by atoms with Crippen LogP contribution in [0.15, 0.2) is 30.3 Å². The molecule has 0 unspecified atom stereocenters. The number of phenols is 3. The minimum atomic E-state index is -0.0408. The van der Waals surface area contributed by atoms with Gasteiger partial charge in [0.1, 0.15) is 17.2 Å². The van der Waals surface area contributed by atoms with Crippen LogP contribution in [0.1, 0.15) is 25.0 Å². The smallest absolute Gasteiger partial charge is 0.134 e. The largest absolute Gasteiger partial charge is 0.507 e. The molecule has 0 bridgehead atoms. The topological polar surface area (TPSA) is 60.7 Å². The molecule has 0 saturated carbocycles. The van der Waals surface area contributed by atoms with E-state index in [0.29, 0.717) is 29.5 Å². The number of rotatable bonds is 3. The minimum absolute atomic E-state index is 0.000295. The van der Waals surface area contributed by atoms with Gasteiger partial charge in [0.2, 0.25) is 0 Å². The standard InChI is InChI=1S/C16H18O3/c1-3-11-14(17)12(4-2)16(19)13(15(11)18)10-8-6-5-7-9-10/h5-9,17-19H,3-4H2,1-2H3. The van der Waals surface area contributed by atoms with Crippen LogP contribution in [-0.4, -0.2) is 15.3 Å². The summed E-state index contributed by atoms with van der Waals surface area (Å²) in [6.45, 7) is 3.72. The van der Waals surface area contributed by atoms with Crippen molar-refractivity contribution in [3.05, 3.63) is 41.5 Å². The predicted molar refractivity (Wildman–Crippen MR) is 75.6 cm³/mol. The summed E-state index contributed by atoms with van der Waals surface area (Å²) in [5.74, 6) is -0.0820. The molecule has 3 N–H and O–H groups in total. The van der Waals surface area contributed by atoms with Gasteiger partial charge in [0.25, 0.3) is 0 Å². The lowest BCUT2D eigenvalue weighted by Gasteiger charge is -2.17.